The Morgan fingerprint density at radius 2 is 1.88 bits per heavy atom. The number of carbonyl (C=O) groups excluding carboxylic acids is 1. The average Bonchev–Trinajstić information content (AvgIpc) is 3.07. The molecular formula is C24H22N2O6S. The summed E-state index contributed by atoms with van der Waals surface area (Å²) in [6, 6.07) is 13.0. The fourth-order valence-electron chi connectivity index (χ4n) is 3.00. The van der Waals surface area contributed by atoms with E-state index >= 15 is 0 Å². The van der Waals surface area contributed by atoms with Gasteiger partial charge in [0.1, 0.15) is 5.75 Å². The first-order valence-electron chi connectivity index (χ1n) is 10.1. The van der Waals surface area contributed by atoms with Gasteiger partial charge in [-0.05, 0) is 54.1 Å². The summed E-state index contributed by atoms with van der Waals surface area (Å²) in [7, 11) is 0. The molecule has 2 aromatic carbocycles. The fourth-order valence-corrected chi connectivity index (χ4v) is 4.00. The van der Waals surface area contributed by atoms with Crippen LogP contribution in [0.1, 0.15) is 29.3 Å². The molecule has 170 valence electrons. The van der Waals surface area contributed by atoms with Crippen molar-refractivity contribution in [2.75, 3.05) is 6.54 Å². The summed E-state index contributed by atoms with van der Waals surface area (Å²) in [5.74, 6) is -2.00. The van der Waals surface area contributed by atoms with Crippen LogP contribution >= 0.6 is 11.8 Å². The molecule has 0 bridgehead atoms. The number of carbonyl (C=O) groups is 3. The van der Waals surface area contributed by atoms with E-state index in [9.17, 15) is 19.5 Å². The smallest absolute Gasteiger partial charge is 0.344 e. The van der Waals surface area contributed by atoms with Crippen LogP contribution in [0.4, 0.5) is 5.69 Å². The number of aromatic carboxylic acids is 1. The molecule has 1 unspecified atom stereocenters. The van der Waals surface area contributed by atoms with Crippen LogP contribution in [-0.4, -0.2) is 50.8 Å². The number of thioether (sulfide) groups is 1. The van der Waals surface area contributed by atoms with Crippen LogP contribution in [-0.2, 0) is 9.59 Å². The van der Waals surface area contributed by atoms with Crippen LogP contribution in [0, 0.1) is 0 Å². The Hall–Kier alpha value is -3.85. The molecule has 0 spiro atoms. The molecule has 3 rings (SSSR count). The number of carboxylic acids is 2. The first-order valence-corrected chi connectivity index (χ1v) is 10.9. The number of carboxylic acid groups (broad SMARTS) is 2. The van der Waals surface area contributed by atoms with E-state index < -0.39 is 18.0 Å². The lowest BCUT2D eigenvalue weighted by molar-refractivity contribution is -0.145. The van der Waals surface area contributed by atoms with Crippen molar-refractivity contribution >= 4 is 46.5 Å². The molecule has 0 aromatic heterocycles. The summed E-state index contributed by atoms with van der Waals surface area (Å²) in [6.07, 6.45) is 2.66. The zero-order valence-corrected chi connectivity index (χ0v) is 18.6. The molecule has 2 N–H and O–H groups in total. The van der Waals surface area contributed by atoms with Gasteiger partial charge in [0.2, 0.25) is 0 Å². The van der Waals surface area contributed by atoms with Crippen molar-refractivity contribution in [3.63, 3.8) is 0 Å². The summed E-state index contributed by atoms with van der Waals surface area (Å²) in [6.45, 7) is 5.63. The van der Waals surface area contributed by atoms with Crippen molar-refractivity contribution in [1.82, 2.24) is 4.90 Å². The van der Waals surface area contributed by atoms with E-state index in [-0.39, 0.29) is 23.7 Å². The minimum Gasteiger partial charge on any atom is -0.479 e. The maximum Gasteiger partial charge on any atom is 0.344 e. The lowest BCUT2D eigenvalue weighted by atomic mass is 10.2. The van der Waals surface area contributed by atoms with Crippen molar-refractivity contribution in [2.24, 2.45) is 4.99 Å². The van der Waals surface area contributed by atoms with Gasteiger partial charge in [0.25, 0.3) is 5.91 Å². The van der Waals surface area contributed by atoms with Crippen LogP contribution in [0.15, 0.2) is 71.1 Å². The minimum absolute atomic E-state index is 0.0383. The van der Waals surface area contributed by atoms with Crippen molar-refractivity contribution in [2.45, 2.75) is 19.4 Å². The van der Waals surface area contributed by atoms with Gasteiger partial charge < -0.3 is 14.9 Å². The molecule has 0 aliphatic carbocycles. The Morgan fingerprint density at radius 1 is 1.18 bits per heavy atom. The molecule has 1 fully saturated rings. The lowest BCUT2D eigenvalue weighted by Gasteiger charge is -2.13. The number of amides is 1. The van der Waals surface area contributed by atoms with Gasteiger partial charge >= 0.3 is 11.9 Å². The first kappa shape index (κ1) is 23.8. The van der Waals surface area contributed by atoms with E-state index in [4.69, 9.17) is 9.84 Å². The van der Waals surface area contributed by atoms with E-state index in [1.165, 1.54) is 11.0 Å². The number of amidine groups is 1. The van der Waals surface area contributed by atoms with Crippen LogP contribution in [0.5, 0.6) is 5.75 Å². The van der Waals surface area contributed by atoms with Gasteiger partial charge in [0.15, 0.2) is 11.3 Å². The molecule has 9 heteroatoms. The minimum atomic E-state index is -1.11. The Bertz CT molecular complexity index is 1140. The number of benzene rings is 2. The fraction of sp³-hybridized carbons (Fsp3) is 0.167. The van der Waals surface area contributed by atoms with Crippen LogP contribution in [0.2, 0.25) is 0 Å². The van der Waals surface area contributed by atoms with Crippen molar-refractivity contribution in [3.8, 4) is 5.75 Å². The highest BCUT2D eigenvalue weighted by molar-refractivity contribution is 8.18. The van der Waals surface area contributed by atoms with E-state index in [0.29, 0.717) is 27.8 Å². The number of rotatable bonds is 9. The maximum atomic E-state index is 12.9. The van der Waals surface area contributed by atoms with Crippen molar-refractivity contribution in [1.29, 1.82) is 0 Å². The second-order valence-electron chi connectivity index (χ2n) is 6.95. The Morgan fingerprint density at radius 3 is 2.48 bits per heavy atom. The molecule has 0 radical (unpaired) electrons. The van der Waals surface area contributed by atoms with Gasteiger partial charge in [-0.1, -0.05) is 37.3 Å². The molecule has 1 aliphatic heterocycles. The van der Waals surface area contributed by atoms with E-state index in [0.717, 1.165) is 11.8 Å². The summed E-state index contributed by atoms with van der Waals surface area (Å²) in [5.41, 5.74) is 1.00. The molecule has 33 heavy (non-hydrogen) atoms. The topological polar surface area (TPSA) is 117 Å². The first-order chi connectivity index (χ1) is 15.8. The second-order valence-corrected chi connectivity index (χ2v) is 7.96. The van der Waals surface area contributed by atoms with Gasteiger partial charge in [-0.25, -0.2) is 14.6 Å². The van der Waals surface area contributed by atoms with Crippen molar-refractivity contribution < 1.29 is 29.3 Å². The van der Waals surface area contributed by atoms with Gasteiger partial charge in [0.05, 0.1) is 16.2 Å². The summed E-state index contributed by atoms with van der Waals surface area (Å²) in [5, 5.41) is 18.9. The third-order valence-electron chi connectivity index (χ3n) is 4.65. The second kappa shape index (κ2) is 10.6. The Kier molecular flexibility index (Phi) is 7.68. The Labute approximate surface area is 194 Å². The highest BCUT2D eigenvalue weighted by Gasteiger charge is 2.33. The molecule has 1 atom stereocenters. The van der Waals surface area contributed by atoms with E-state index in [1.54, 1.807) is 61.5 Å². The highest BCUT2D eigenvalue weighted by atomic mass is 32.2. The van der Waals surface area contributed by atoms with Crippen LogP contribution in [0.3, 0.4) is 0 Å². The third-order valence-corrected chi connectivity index (χ3v) is 5.66. The zero-order valence-electron chi connectivity index (χ0n) is 17.8. The normalized spacial score (nSPS) is 16.8. The average molecular weight is 467 g/mol. The number of ether oxygens (including phenoxy) is 1. The zero-order chi connectivity index (χ0) is 24.0. The molecule has 1 amide bonds. The number of hydrogen-bond acceptors (Lipinski definition) is 6. The van der Waals surface area contributed by atoms with Gasteiger partial charge in [-0.3, -0.25) is 9.69 Å². The van der Waals surface area contributed by atoms with Crippen LogP contribution in [0.25, 0.3) is 6.08 Å². The molecule has 0 saturated carbocycles. The van der Waals surface area contributed by atoms with Gasteiger partial charge in [0, 0.05) is 6.54 Å². The predicted molar refractivity (Wildman–Crippen MR) is 127 cm³/mol. The third kappa shape index (κ3) is 5.69. The lowest BCUT2D eigenvalue weighted by Crippen LogP contribution is -2.29. The number of hydrogen-bond donors (Lipinski definition) is 2. The van der Waals surface area contributed by atoms with Gasteiger partial charge in [-0.15, -0.1) is 6.58 Å². The van der Waals surface area contributed by atoms with Crippen LogP contribution < -0.4 is 4.74 Å². The summed E-state index contributed by atoms with van der Waals surface area (Å²) >= 11 is 1.14. The largest absolute Gasteiger partial charge is 0.479 e. The van der Waals surface area contributed by atoms with E-state index in [1.807, 2.05) is 0 Å². The number of nitrogens with zero attached hydrogens (tertiary/aromatic N) is 2. The molecule has 1 aliphatic rings. The van der Waals surface area contributed by atoms with Gasteiger partial charge in [-0.2, -0.15) is 0 Å². The summed E-state index contributed by atoms with van der Waals surface area (Å²) in [4.78, 5) is 41.9. The molecular weight excluding hydrogens is 444 g/mol. The maximum absolute atomic E-state index is 12.9. The summed E-state index contributed by atoms with van der Waals surface area (Å²) < 4.78 is 5.46. The molecule has 8 nitrogen and oxygen atoms in total. The SMILES string of the molecule is C=CCN1C(=O)/C(=C/c2ccc(OC(CC)C(=O)O)cc2)SC1=Nc1ccccc1C(=O)O. The number of para-hydroxylation sites is 1. The molecule has 1 saturated heterocycles. The molecule has 1 heterocycles. The number of aliphatic carboxylic acids is 1. The monoisotopic (exact) mass is 466 g/mol. The van der Waals surface area contributed by atoms with Crippen molar-refractivity contribution in [3.05, 3.63) is 77.2 Å². The van der Waals surface area contributed by atoms with E-state index in [2.05, 4.69) is 11.6 Å². The quantitative estimate of drug-likeness (QED) is 0.415. The predicted octanol–water partition coefficient (Wildman–Crippen LogP) is 4.42. The molecule has 2 aromatic rings. The Balaban J connectivity index is 1.87. The number of aliphatic imine (C=N–C) groups is 1. The highest BCUT2D eigenvalue weighted by Crippen LogP contribution is 2.35. The standard InChI is InChI=1S/C24H22N2O6S/c1-3-13-26-21(27)20(33-24(26)25-18-8-6-5-7-17(18)22(28)29)14-15-9-11-16(12-10-15)32-19(4-2)23(30)31/h3,5-12,14,19H,1,4,13H2,2H3,(H,28,29)(H,30,31)/b20-14-,25-24?.